The lowest BCUT2D eigenvalue weighted by Crippen LogP contribution is -2.13. The lowest BCUT2D eigenvalue weighted by Gasteiger charge is -2.28. The first-order valence-electron chi connectivity index (χ1n) is 23.0. The van der Waals surface area contributed by atoms with Crippen LogP contribution in [0, 0.1) is 0 Å². The molecule has 0 bridgehead atoms. The van der Waals surface area contributed by atoms with E-state index >= 15 is 0 Å². The second-order valence-electron chi connectivity index (χ2n) is 16.9. The first-order chi connectivity index (χ1) is 33.7. The number of benzene rings is 9. The number of para-hydroxylation sites is 4. The first-order valence-corrected chi connectivity index (χ1v) is 23.8. The molecule has 0 fully saturated rings. The maximum absolute atomic E-state index is 6.14. The average molecular weight is 893 g/mol. The van der Waals surface area contributed by atoms with E-state index in [1.165, 1.54) is 5.56 Å². The maximum Gasteiger partial charge on any atom is 0.227 e. The van der Waals surface area contributed by atoms with Crippen LogP contribution in [0.2, 0.25) is 0 Å². The predicted octanol–water partition coefficient (Wildman–Crippen LogP) is 16.8. The number of aromatic nitrogens is 1. The molecule has 0 radical (unpaired) electrons. The number of fused-ring (bicyclic) bond motifs is 2. The zero-order chi connectivity index (χ0) is 45.2. The summed E-state index contributed by atoms with van der Waals surface area (Å²) < 4.78 is 6.14. The molecule has 68 heavy (non-hydrogen) atoms. The van der Waals surface area contributed by atoms with Crippen LogP contribution in [0.25, 0.3) is 55.9 Å². The van der Waals surface area contributed by atoms with Crippen LogP contribution < -0.4 is 9.80 Å². The van der Waals surface area contributed by atoms with Gasteiger partial charge in [0.25, 0.3) is 0 Å². The molecule has 0 N–H and O–H groups in total. The number of hydrogen-bond donors (Lipinski definition) is 0. The summed E-state index contributed by atoms with van der Waals surface area (Å²) >= 11 is 1.84. The lowest BCUT2D eigenvalue weighted by atomic mass is 10.00. The van der Waals surface area contributed by atoms with Gasteiger partial charge in [0, 0.05) is 45.0 Å². The fraction of sp³-hybridized carbons (Fsp3) is 0.0323. The Morgan fingerprint density at radius 1 is 0.382 bits per heavy atom. The molecule has 1 aliphatic carbocycles. The normalized spacial score (nSPS) is 15.0. The molecule has 0 saturated carbocycles. The number of aliphatic imine (C=N–C) groups is 1. The van der Waals surface area contributed by atoms with Crippen LogP contribution >= 0.6 is 11.8 Å². The van der Waals surface area contributed by atoms with Crippen LogP contribution in [-0.2, 0) is 0 Å². The highest BCUT2D eigenvalue weighted by Crippen LogP contribution is 2.44. The molecule has 2 aliphatic rings. The summed E-state index contributed by atoms with van der Waals surface area (Å²) in [6, 6.07) is 81.8. The number of thioether (sulfide) groups is 1. The number of rotatable bonds is 11. The van der Waals surface area contributed by atoms with E-state index in [2.05, 4.69) is 240 Å². The van der Waals surface area contributed by atoms with Crippen molar-refractivity contribution in [3.8, 4) is 44.8 Å². The van der Waals surface area contributed by atoms with Crippen molar-refractivity contribution in [2.45, 2.75) is 11.3 Å². The molecule has 1 aliphatic heterocycles. The van der Waals surface area contributed by atoms with E-state index in [4.69, 9.17) is 14.4 Å². The van der Waals surface area contributed by atoms with Crippen LogP contribution in [0.3, 0.4) is 0 Å². The summed E-state index contributed by atoms with van der Waals surface area (Å²) in [5.74, 6) is 0.604. The molecule has 2 atom stereocenters. The van der Waals surface area contributed by atoms with Gasteiger partial charge in [-0.1, -0.05) is 182 Å². The van der Waals surface area contributed by atoms with Gasteiger partial charge >= 0.3 is 0 Å². The number of nitrogens with zero attached hydrogens (tertiary/aromatic N) is 4. The van der Waals surface area contributed by atoms with Crippen LogP contribution in [0.1, 0.15) is 5.56 Å². The van der Waals surface area contributed by atoms with Crippen molar-refractivity contribution in [2.24, 2.45) is 4.99 Å². The molecule has 1 aromatic heterocycles. The minimum absolute atomic E-state index is 0.198. The standard InChI is InChI=1S/C62H44N4OS/c1-3-15-45(16-4-1)53-19-7-11-23-57(53)65(51-39-31-47(32-40-51)61-63-55-21-9-13-25-59(55)67-61)49-35-27-43(28-36-49)44-29-37-50(38-30-44)66(58-24-12-8-20-54(58)46-17-5-2-6-18-46)52-41-33-48(34-42-52)62-64-56-22-10-14-26-60(56)68-62/h1-42,56,60H. The van der Waals surface area contributed by atoms with E-state index in [9.17, 15) is 0 Å². The van der Waals surface area contributed by atoms with E-state index < -0.39 is 0 Å². The summed E-state index contributed by atoms with van der Waals surface area (Å²) in [6.45, 7) is 0. The zero-order valence-corrected chi connectivity index (χ0v) is 37.8. The minimum atomic E-state index is 0.198. The predicted molar refractivity (Wildman–Crippen MR) is 285 cm³/mol. The Balaban J connectivity index is 0.886. The van der Waals surface area contributed by atoms with Crippen LogP contribution in [0.15, 0.2) is 264 Å². The second kappa shape index (κ2) is 18.1. The summed E-state index contributed by atoms with van der Waals surface area (Å²) in [7, 11) is 0. The van der Waals surface area contributed by atoms with Gasteiger partial charge in [-0.3, -0.25) is 4.99 Å². The SMILES string of the molecule is C1=CC2N=C(c3ccc(N(c4ccc(-c5ccc(N(c6ccc(-c7nc8ccccc8o7)cc6)c6ccccc6-c6ccccc6)cc5)cc4)c4ccccc4-c4ccccc4)cc3)SC2C=C1. The Morgan fingerprint density at radius 2 is 0.824 bits per heavy atom. The molecular formula is C62H44N4OS. The van der Waals surface area contributed by atoms with Gasteiger partial charge in [-0.2, -0.15) is 0 Å². The molecule has 0 spiro atoms. The molecule has 5 nitrogen and oxygen atoms in total. The Bertz CT molecular complexity index is 3440. The Morgan fingerprint density at radius 3 is 1.34 bits per heavy atom. The second-order valence-corrected chi connectivity index (χ2v) is 18.1. The largest absolute Gasteiger partial charge is 0.436 e. The summed E-state index contributed by atoms with van der Waals surface area (Å²) in [5.41, 5.74) is 17.0. The summed E-state index contributed by atoms with van der Waals surface area (Å²) in [5, 5.41) is 1.45. The highest BCUT2D eigenvalue weighted by Gasteiger charge is 2.28. The zero-order valence-electron chi connectivity index (χ0n) is 37.0. The van der Waals surface area contributed by atoms with Crippen LogP contribution in [0.4, 0.5) is 34.1 Å². The highest BCUT2D eigenvalue weighted by molar-refractivity contribution is 8.15. The van der Waals surface area contributed by atoms with Crippen molar-refractivity contribution in [1.82, 2.24) is 4.98 Å². The quantitative estimate of drug-likeness (QED) is 0.129. The fourth-order valence-electron chi connectivity index (χ4n) is 9.26. The van der Waals surface area contributed by atoms with Gasteiger partial charge in [0.1, 0.15) is 5.52 Å². The van der Waals surface area contributed by atoms with Gasteiger partial charge in [0.15, 0.2) is 5.58 Å². The van der Waals surface area contributed by atoms with Crippen molar-refractivity contribution < 1.29 is 4.42 Å². The molecule has 9 aromatic carbocycles. The third-order valence-electron chi connectivity index (χ3n) is 12.7. The lowest BCUT2D eigenvalue weighted by molar-refractivity contribution is 0.620. The highest BCUT2D eigenvalue weighted by atomic mass is 32.2. The third-order valence-corrected chi connectivity index (χ3v) is 13.9. The van der Waals surface area contributed by atoms with Gasteiger partial charge in [-0.15, -0.1) is 0 Å². The number of oxazole rings is 1. The van der Waals surface area contributed by atoms with Crippen molar-refractivity contribution in [3.05, 3.63) is 260 Å². The van der Waals surface area contributed by atoms with Gasteiger partial charge in [-0.05, 0) is 107 Å². The minimum Gasteiger partial charge on any atom is -0.436 e. The smallest absolute Gasteiger partial charge is 0.227 e. The van der Waals surface area contributed by atoms with E-state index in [1.54, 1.807) is 0 Å². The van der Waals surface area contributed by atoms with Gasteiger partial charge < -0.3 is 14.2 Å². The third kappa shape index (κ3) is 8.01. The average Bonchev–Trinajstić information content (AvgIpc) is 4.06. The molecule has 6 heteroatoms. The van der Waals surface area contributed by atoms with Gasteiger partial charge in [0.05, 0.1) is 27.7 Å². The monoisotopic (exact) mass is 892 g/mol. The number of allylic oxidation sites excluding steroid dienone is 2. The number of hydrogen-bond acceptors (Lipinski definition) is 6. The van der Waals surface area contributed by atoms with E-state index in [1.807, 2.05) is 36.0 Å². The van der Waals surface area contributed by atoms with Crippen LogP contribution in [0.5, 0.6) is 0 Å². The topological polar surface area (TPSA) is 44.9 Å². The number of anilines is 6. The van der Waals surface area contributed by atoms with E-state index in [0.717, 1.165) is 89.2 Å². The molecular weight excluding hydrogens is 849 g/mol. The molecule has 0 amide bonds. The molecule has 2 heterocycles. The van der Waals surface area contributed by atoms with E-state index in [-0.39, 0.29) is 6.04 Å². The molecule has 0 saturated heterocycles. The Labute approximate surface area is 400 Å². The van der Waals surface area contributed by atoms with Crippen molar-refractivity contribution >= 4 is 62.0 Å². The fourth-order valence-corrected chi connectivity index (χ4v) is 10.4. The molecule has 2 unspecified atom stereocenters. The van der Waals surface area contributed by atoms with Crippen LogP contribution in [-0.4, -0.2) is 21.3 Å². The van der Waals surface area contributed by atoms with Gasteiger partial charge in [-0.25, -0.2) is 4.98 Å². The molecule has 324 valence electrons. The molecule has 10 aromatic rings. The summed E-state index contributed by atoms with van der Waals surface area (Å²) in [6.07, 6.45) is 8.68. The Kier molecular flexibility index (Phi) is 10.9. The Hall–Kier alpha value is -8.45. The molecule has 12 rings (SSSR count). The first kappa shape index (κ1) is 41.0. The van der Waals surface area contributed by atoms with Gasteiger partial charge in [0.2, 0.25) is 5.89 Å². The maximum atomic E-state index is 6.14. The van der Waals surface area contributed by atoms with Crippen molar-refractivity contribution in [2.75, 3.05) is 9.80 Å². The van der Waals surface area contributed by atoms with E-state index in [0.29, 0.717) is 11.1 Å². The summed E-state index contributed by atoms with van der Waals surface area (Å²) in [4.78, 5) is 14.5. The van der Waals surface area contributed by atoms with Crippen molar-refractivity contribution in [3.63, 3.8) is 0 Å². The van der Waals surface area contributed by atoms with Crippen molar-refractivity contribution in [1.29, 1.82) is 0 Å².